The molecule has 0 bridgehead atoms. The summed E-state index contributed by atoms with van der Waals surface area (Å²) >= 11 is 0. The molecule has 3 heterocycles. The second-order valence-corrected chi connectivity index (χ2v) is 9.73. The van der Waals surface area contributed by atoms with Crippen molar-refractivity contribution in [1.29, 1.82) is 0 Å². The number of hydrogen-bond donors (Lipinski definition) is 1. The van der Waals surface area contributed by atoms with Crippen LogP contribution in [0.2, 0.25) is 0 Å². The average molecular weight is 469 g/mol. The van der Waals surface area contributed by atoms with Gasteiger partial charge >= 0.3 is 0 Å². The minimum Gasteiger partial charge on any atom is -0.389 e. The number of fused-ring (bicyclic) bond motifs is 2. The molecule has 182 valence electrons. The zero-order valence-electron chi connectivity index (χ0n) is 19.4. The van der Waals surface area contributed by atoms with Gasteiger partial charge in [0, 0.05) is 32.2 Å². The minimum atomic E-state index is -0.581. The first-order valence-corrected chi connectivity index (χ1v) is 12.3. The zero-order valence-corrected chi connectivity index (χ0v) is 19.4. The lowest BCUT2D eigenvalue weighted by atomic mass is 9.93. The number of hydrogen-bond acceptors (Lipinski definition) is 5. The molecule has 2 aromatic rings. The van der Waals surface area contributed by atoms with Gasteiger partial charge < -0.3 is 19.5 Å². The number of rotatable bonds is 4. The van der Waals surface area contributed by atoms with Gasteiger partial charge in [0.25, 0.3) is 0 Å². The Labute approximate surface area is 200 Å². The number of carbonyl (C=O) groups excluding carboxylic acids is 1. The number of benzene rings is 2. The van der Waals surface area contributed by atoms with Crippen LogP contribution in [0.15, 0.2) is 48.5 Å². The molecule has 0 radical (unpaired) electrons. The number of ether oxygens (including phenoxy) is 2. The number of nitrogens with zero attached hydrogens (tertiary/aromatic N) is 2. The molecular formula is C27H33FN2O4. The van der Waals surface area contributed by atoms with Crippen molar-refractivity contribution < 1.29 is 23.8 Å². The molecule has 0 spiro atoms. The molecule has 6 nitrogen and oxygen atoms in total. The summed E-state index contributed by atoms with van der Waals surface area (Å²) in [6.45, 7) is 3.14. The highest BCUT2D eigenvalue weighted by Crippen LogP contribution is 2.30. The molecule has 3 aliphatic heterocycles. The summed E-state index contributed by atoms with van der Waals surface area (Å²) in [5, 5.41) is 10.4. The highest BCUT2D eigenvalue weighted by atomic mass is 19.1. The Kier molecular flexibility index (Phi) is 7.25. The largest absolute Gasteiger partial charge is 0.389 e. The van der Waals surface area contributed by atoms with Crippen molar-refractivity contribution in [2.75, 3.05) is 26.3 Å². The third kappa shape index (κ3) is 5.49. The topological polar surface area (TPSA) is 62.2 Å². The van der Waals surface area contributed by atoms with E-state index in [0.29, 0.717) is 32.7 Å². The first kappa shape index (κ1) is 23.4. The molecule has 0 saturated carbocycles. The summed E-state index contributed by atoms with van der Waals surface area (Å²) in [6.07, 6.45) is 2.05. The molecule has 2 saturated heterocycles. The van der Waals surface area contributed by atoms with E-state index in [4.69, 9.17) is 9.47 Å². The number of carbonyl (C=O) groups is 1. The van der Waals surface area contributed by atoms with Crippen molar-refractivity contribution in [2.45, 2.75) is 63.1 Å². The number of aliphatic hydroxyl groups excluding tert-OH is 1. The predicted octanol–water partition coefficient (Wildman–Crippen LogP) is 2.91. The lowest BCUT2D eigenvalue weighted by Crippen LogP contribution is -2.55. The first-order chi connectivity index (χ1) is 16.5. The van der Waals surface area contributed by atoms with Crippen molar-refractivity contribution in [3.63, 3.8) is 0 Å². The smallest absolute Gasteiger partial charge is 0.225 e. The van der Waals surface area contributed by atoms with Gasteiger partial charge in [-0.2, -0.15) is 0 Å². The highest BCUT2D eigenvalue weighted by molar-refractivity contribution is 5.77. The van der Waals surface area contributed by atoms with E-state index in [1.165, 1.54) is 23.3 Å². The van der Waals surface area contributed by atoms with Gasteiger partial charge in [0.1, 0.15) is 5.82 Å². The van der Waals surface area contributed by atoms with E-state index in [-0.39, 0.29) is 36.6 Å². The maximum atomic E-state index is 13.3. The number of halogens is 1. The molecule has 5 rings (SSSR count). The van der Waals surface area contributed by atoms with Crippen molar-refractivity contribution in [1.82, 2.24) is 9.80 Å². The lowest BCUT2D eigenvalue weighted by molar-refractivity contribution is -0.161. The summed E-state index contributed by atoms with van der Waals surface area (Å²) in [5.41, 5.74) is 3.56. The van der Waals surface area contributed by atoms with Gasteiger partial charge in [-0.05, 0) is 48.1 Å². The Morgan fingerprint density at radius 3 is 2.68 bits per heavy atom. The quantitative estimate of drug-likeness (QED) is 0.748. The van der Waals surface area contributed by atoms with Gasteiger partial charge in [0.05, 0.1) is 37.9 Å². The second kappa shape index (κ2) is 10.5. The lowest BCUT2D eigenvalue weighted by Gasteiger charge is -2.44. The van der Waals surface area contributed by atoms with Crippen LogP contribution >= 0.6 is 0 Å². The van der Waals surface area contributed by atoms with Crippen LogP contribution in [0, 0.1) is 5.82 Å². The summed E-state index contributed by atoms with van der Waals surface area (Å²) in [5.74, 6) is -0.114. The summed E-state index contributed by atoms with van der Waals surface area (Å²) in [6, 6.07) is 14.9. The number of β-amino-alcohol motifs (C(OH)–C–C–N with tert-alkyl or cyclic N) is 1. The van der Waals surface area contributed by atoms with Crippen molar-refractivity contribution in [3.8, 4) is 0 Å². The van der Waals surface area contributed by atoms with Crippen LogP contribution in [0.3, 0.4) is 0 Å². The number of aliphatic hydroxyl groups is 1. The van der Waals surface area contributed by atoms with Crippen molar-refractivity contribution in [3.05, 3.63) is 71.0 Å². The Morgan fingerprint density at radius 2 is 1.85 bits per heavy atom. The third-order valence-electron chi connectivity index (χ3n) is 7.27. The van der Waals surface area contributed by atoms with E-state index in [0.717, 1.165) is 31.4 Å². The van der Waals surface area contributed by atoms with Gasteiger partial charge in [0.2, 0.25) is 5.91 Å². The molecular weight excluding hydrogens is 435 g/mol. The Balaban J connectivity index is 1.22. The summed E-state index contributed by atoms with van der Waals surface area (Å²) in [7, 11) is 0. The van der Waals surface area contributed by atoms with E-state index in [1.807, 2.05) is 11.0 Å². The monoisotopic (exact) mass is 468 g/mol. The van der Waals surface area contributed by atoms with Crippen molar-refractivity contribution in [2.24, 2.45) is 0 Å². The SMILES string of the molecule is O=C(C[C@@H]1CC[C@@H]2[C@H](COC[C@H](O)CN2Cc2ccc(F)cc2)O1)N1CCc2ccccc2C1. The Bertz CT molecular complexity index is 985. The molecule has 1 amide bonds. The van der Waals surface area contributed by atoms with Crippen LogP contribution in [-0.4, -0.2) is 71.5 Å². The fourth-order valence-corrected chi connectivity index (χ4v) is 5.48. The normalized spacial score (nSPS) is 27.9. The van der Waals surface area contributed by atoms with Gasteiger partial charge in [-0.1, -0.05) is 36.4 Å². The molecule has 7 heteroatoms. The molecule has 3 aliphatic rings. The van der Waals surface area contributed by atoms with E-state index in [1.54, 1.807) is 12.1 Å². The minimum absolute atomic E-state index is 0.0771. The second-order valence-electron chi connectivity index (χ2n) is 9.73. The fourth-order valence-electron chi connectivity index (χ4n) is 5.48. The van der Waals surface area contributed by atoms with Crippen LogP contribution in [0.25, 0.3) is 0 Å². The van der Waals surface area contributed by atoms with Crippen molar-refractivity contribution >= 4 is 5.91 Å². The fraction of sp³-hybridized carbons (Fsp3) is 0.519. The maximum Gasteiger partial charge on any atom is 0.225 e. The Morgan fingerprint density at radius 1 is 1.06 bits per heavy atom. The van der Waals surface area contributed by atoms with Gasteiger partial charge in [0.15, 0.2) is 0 Å². The van der Waals surface area contributed by atoms with Crippen LogP contribution in [0.1, 0.15) is 36.0 Å². The molecule has 34 heavy (non-hydrogen) atoms. The van der Waals surface area contributed by atoms with Crippen LogP contribution < -0.4 is 0 Å². The van der Waals surface area contributed by atoms with Crippen LogP contribution in [0.5, 0.6) is 0 Å². The molecule has 0 aliphatic carbocycles. The van der Waals surface area contributed by atoms with E-state index < -0.39 is 6.10 Å². The first-order valence-electron chi connectivity index (χ1n) is 12.3. The summed E-state index contributed by atoms with van der Waals surface area (Å²) in [4.78, 5) is 17.3. The number of amides is 1. The van der Waals surface area contributed by atoms with E-state index in [2.05, 4.69) is 23.1 Å². The zero-order chi connectivity index (χ0) is 23.5. The molecule has 0 unspecified atom stereocenters. The third-order valence-corrected chi connectivity index (χ3v) is 7.27. The average Bonchev–Trinajstić information content (AvgIpc) is 2.84. The highest BCUT2D eigenvalue weighted by Gasteiger charge is 2.38. The van der Waals surface area contributed by atoms with Gasteiger partial charge in [-0.25, -0.2) is 4.39 Å². The molecule has 2 aromatic carbocycles. The standard InChI is InChI=1S/C27H33FN2O4/c28-22-7-5-19(6-8-22)14-30-16-23(31)17-33-18-26-25(30)10-9-24(34-26)13-27(32)29-12-11-20-3-1-2-4-21(20)15-29/h1-8,23-26,31H,9-18H2/t23-,24+,25-,26+/m1/s1. The molecule has 2 fully saturated rings. The molecule has 1 N–H and O–H groups in total. The Hall–Kier alpha value is -2.32. The molecule has 4 atom stereocenters. The van der Waals surface area contributed by atoms with Gasteiger partial charge in [-0.3, -0.25) is 9.69 Å². The summed E-state index contributed by atoms with van der Waals surface area (Å²) < 4.78 is 25.5. The molecule has 0 aromatic heterocycles. The van der Waals surface area contributed by atoms with Crippen LogP contribution in [-0.2, 0) is 33.8 Å². The predicted molar refractivity (Wildman–Crippen MR) is 125 cm³/mol. The van der Waals surface area contributed by atoms with Crippen LogP contribution in [0.4, 0.5) is 4.39 Å². The van der Waals surface area contributed by atoms with Gasteiger partial charge in [-0.15, -0.1) is 0 Å². The van der Waals surface area contributed by atoms with E-state index >= 15 is 0 Å². The van der Waals surface area contributed by atoms with E-state index in [9.17, 15) is 14.3 Å². The maximum absolute atomic E-state index is 13.3.